The maximum Gasteiger partial charge on any atom is 0.266 e. The molecule has 1 fully saturated rings. The highest BCUT2D eigenvalue weighted by Crippen LogP contribution is 2.29. The second kappa shape index (κ2) is 11.3. The van der Waals surface area contributed by atoms with Crippen molar-refractivity contribution in [3.05, 3.63) is 70.6 Å². The molecule has 1 amide bonds. The number of benzene rings is 1. The fourth-order valence-corrected chi connectivity index (χ4v) is 4.22. The van der Waals surface area contributed by atoms with Gasteiger partial charge >= 0.3 is 0 Å². The van der Waals surface area contributed by atoms with E-state index in [1.807, 2.05) is 26.1 Å². The van der Waals surface area contributed by atoms with Gasteiger partial charge in [-0.15, -0.1) is 0 Å². The Morgan fingerprint density at radius 2 is 1.97 bits per heavy atom. The molecule has 2 unspecified atom stereocenters. The van der Waals surface area contributed by atoms with Crippen molar-refractivity contribution in [2.75, 3.05) is 26.3 Å². The van der Waals surface area contributed by atoms with E-state index in [2.05, 4.69) is 63.5 Å². The number of aliphatic imine (C=N–C) groups is 1. The van der Waals surface area contributed by atoms with Crippen LogP contribution in [-0.2, 0) is 16.1 Å². The van der Waals surface area contributed by atoms with Gasteiger partial charge in [-0.2, -0.15) is 0 Å². The Labute approximate surface area is 201 Å². The molecule has 1 saturated heterocycles. The predicted octanol–water partition coefficient (Wildman–Crippen LogP) is 2.79. The molecule has 0 saturated carbocycles. The minimum absolute atomic E-state index is 0.00636. The largest absolute Gasteiger partial charge is 0.379 e. The third-order valence-electron chi connectivity index (χ3n) is 6.25. The van der Waals surface area contributed by atoms with Gasteiger partial charge in [0.2, 0.25) is 0 Å². The van der Waals surface area contributed by atoms with Crippen LogP contribution in [0.3, 0.4) is 0 Å². The number of nitrogens with one attached hydrogen (secondary N) is 2. The smallest absolute Gasteiger partial charge is 0.266 e. The molecular weight excluding hydrogens is 428 g/mol. The first-order valence-electron chi connectivity index (χ1n) is 11.8. The number of carbonyl (C=O) groups excluding carboxylic acids is 1. The van der Waals surface area contributed by atoms with Crippen LogP contribution in [0, 0.1) is 23.7 Å². The van der Waals surface area contributed by atoms with Gasteiger partial charge in [0.25, 0.3) is 5.91 Å². The number of allylic oxidation sites excluding steroid dienone is 5. The fraction of sp³-hybridized carbons (Fsp3) is 0.407. The molecule has 0 radical (unpaired) electrons. The number of nitrogens with zero attached hydrogens (tertiary/aromatic N) is 2. The van der Waals surface area contributed by atoms with Crippen LogP contribution in [0.1, 0.15) is 31.4 Å². The Morgan fingerprint density at radius 3 is 2.68 bits per heavy atom. The third kappa shape index (κ3) is 6.23. The van der Waals surface area contributed by atoms with Gasteiger partial charge in [-0.3, -0.25) is 14.9 Å². The van der Waals surface area contributed by atoms with Crippen LogP contribution in [-0.4, -0.2) is 54.6 Å². The topological polar surface area (TPSA) is 86.2 Å². The van der Waals surface area contributed by atoms with Gasteiger partial charge in [0, 0.05) is 42.9 Å². The molecule has 3 N–H and O–H groups in total. The third-order valence-corrected chi connectivity index (χ3v) is 6.25. The highest BCUT2D eigenvalue weighted by Gasteiger charge is 2.25. The highest BCUT2D eigenvalue weighted by molar-refractivity contribution is 5.84. The lowest BCUT2D eigenvalue weighted by molar-refractivity contribution is -0.132. The lowest BCUT2D eigenvalue weighted by Crippen LogP contribution is -2.46. The van der Waals surface area contributed by atoms with E-state index in [0.29, 0.717) is 5.82 Å². The first-order chi connectivity index (χ1) is 16.5. The lowest BCUT2D eigenvalue weighted by Gasteiger charge is -2.26. The summed E-state index contributed by atoms with van der Waals surface area (Å²) in [6.07, 6.45) is 8.75. The van der Waals surface area contributed by atoms with Crippen LogP contribution in [0.15, 0.2) is 64.5 Å². The van der Waals surface area contributed by atoms with Crippen LogP contribution in [0.5, 0.6) is 0 Å². The SMILES string of the molecule is CC(C)C(NC1=CC2CC(C#Cc3ccc(CN4CCOCC4)cc3)=CC=C2C=N1)C(=O)NO. The number of ether oxygens (including phenoxy) is 1. The number of morpholine rings is 1. The number of hydrogen-bond acceptors (Lipinski definition) is 6. The monoisotopic (exact) mass is 460 g/mol. The number of rotatable bonds is 6. The van der Waals surface area contributed by atoms with E-state index < -0.39 is 11.9 Å². The first-order valence-corrected chi connectivity index (χ1v) is 11.8. The Hall–Kier alpha value is -3.18. The average molecular weight is 461 g/mol. The quantitative estimate of drug-likeness (QED) is 0.345. The van der Waals surface area contributed by atoms with Crippen LogP contribution < -0.4 is 10.8 Å². The van der Waals surface area contributed by atoms with Crippen molar-refractivity contribution < 1.29 is 14.7 Å². The molecule has 7 heteroatoms. The van der Waals surface area contributed by atoms with E-state index in [4.69, 9.17) is 9.94 Å². The summed E-state index contributed by atoms with van der Waals surface area (Å²) in [7, 11) is 0. The molecule has 0 bridgehead atoms. The molecule has 34 heavy (non-hydrogen) atoms. The molecule has 7 nitrogen and oxygen atoms in total. The molecular formula is C27H32N4O3. The first kappa shape index (κ1) is 24.0. The second-order valence-corrected chi connectivity index (χ2v) is 9.16. The van der Waals surface area contributed by atoms with Crippen LogP contribution >= 0.6 is 0 Å². The molecule has 2 heterocycles. The van der Waals surface area contributed by atoms with Gasteiger partial charge in [0.1, 0.15) is 11.9 Å². The standard InChI is InChI=1S/C27H32N4O3/c1-19(2)26(27(32)30-33)29-25-16-24-15-21(9-10-23(24)17-28-25)6-3-20-4-7-22(8-5-20)18-31-11-13-34-14-12-31/h4-5,7-10,16-17,19,24,26,29,33H,11-15,18H2,1-2H3,(H,30,32). The molecule has 178 valence electrons. The van der Waals surface area contributed by atoms with Gasteiger partial charge < -0.3 is 10.1 Å². The van der Waals surface area contributed by atoms with Gasteiger partial charge in [-0.05, 0) is 41.7 Å². The van der Waals surface area contributed by atoms with Crippen LogP contribution in [0.25, 0.3) is 0 Å². The van der Waals surface area contributed by atoms with Crippen molar-refractivity contribution in [1.29, 1.82) is 0 Å². The van der Waals surface area contributed by atoms with Crippen molar-refractivity contribution in [3.63, 3.8) is 0 Å². The molecule has 2 atom stereocenters. The lowest BCUT2D eigenvalue weighted by atomic mass is 9.86. The summed E-state index contributed by atoms with van der Waals surface area (Å²) in [6, 6.07) is 7.91. The van der Waals surface area contributed by atoms with E-state index in [1.165, 1.54) is 5.56 Å². The Morgan fingerprint density at radius 1 is 1.21 bits per heavy atom. The van der Waals surface area contributed by atoms with Crippen molar-refractivity contribution in [2.24, 2.45) is 16.8 Å². The van der Waals surface area contributed by atoms with E-state index in [-0.39, 0.29) is 11.8 Å². The summed E-state index contributed by atoms with van der Waals surface area (Å²) in [4.78, 5) is 18.8. The van der Waals surface area contributed by atoms with Gasteiger partial charge in [0.05, 0.1) is 13.2 Å². The Kier molecular flexibility index (Phi) is 7.96. The van der Waals surface area contributed by atoms with E-state index in [9.17, 15) is 4.79 Å². The maximum absolute atomic E-state index is 12.0. The normalized spacial score (nSPS) is 20.8. The molecule has 0 spiro atoms. The van der Waals surface area contributed by atoms with Crippen LogP contribution in [0.4, 0.5) is 0 Å². The van der Waals surface area contributed by atoms with Gasteiger partial charge in [-0.1, -0.05) is 50.0 Å². The molecule has 1 aromatic carbocycles. The molecule has 3 aliphatic rings. The number of hydroxylamine groups is 1. The average Bonchev–Trinajstić information content (AvgIpc) is 2.86. The molecule has 1 aliphatic carbocycles. The van der Waals surface area contributed by atoms with Gasteiger partial charge in [-0.25, -0.2) is 10.5 Å². The second-order valence-electron chi connectivity index (χ2n) is 9.16. The van der Waals surface area contributed by atoms with Crippen molar-refractivity contribution in [1.82, 2.24) is 15.7 Å². The summed E-state index contributed by atoms with van der Waals surface area (Å²) in [5.41, 5.74) is 6.20. The number of amides is 1. The van der Waals surface area contributed by atoms with Crippen molar-refractivity contribution >= 4 is 12.1 Å². The Balaban J connectivity index is 1.37. The zero-order valence-corrected chi connectivity index (χ0v) is 19.8. The van der Waals surface area contributed by atoms with E-state index in [0.717, 1.165) is 56.0 Å². The molecule has 0 aromatic heterocycles. The molecule has 1 aromatic rings. The number of carbonyl (C=O) groups is 1. The summed E-state index contributed by atoms with van der Waals surface area (Å²) in [5.74, 6) is 6.91. The van der Waals surface area contributed by atoms with E-state index >= 15 is 0 Å². The molecule has 4 rings (SSSR count). The van der Waals surface area contributed by atoms with Crippen LogP contribution in [0.2, 0.25) is 0 Å². The Bertz CT molecular complexity index is 1070. The number of fused-ring (bicyclic) bond motifs is 1. The predicted molar refractivity (Wildman–Crippen MR) is 132 cm³/mol. The highest BCUT2D eigenvalue weighted by atomic mass is 16.5. The summed E-state index contributed by atoms with van der Waals surface area (Å²) < 4.78 is 5.42. The summed E-state index contributed by atoms with van der Waals surface area (Å²) in [6.45, 7) is 8.36. The minimum Gasteiger partial charge on any atom is -0.379 e. The minimum atomic E-state index is -0.566. The van der Waals surface area contributed by atoms with Gasteiger partial charge in [0.15, 0.2) is 0 Å². The summed E-state index contributed by atoms with van der Waals surface area (Å²) >= 11 is 0. The van der Waals surface area contributed by atoms with E-state index in [1.54, 1.807) is 5.48 Å². The zero-order chi connectivity index (χ0) is 23.9. The summed E-state index contributed by atoms with van der Waals surface area (Å²) in [5, 5.41) is 12.2. The maximum atomic E-state index is 12.0. The van der Waals surface area contributed by atoms with Crippen molar-refractivity contribution in [3.8, 4) is 11.8 Å². The zero-order valence-electron chi connectivity index (χ0n) is 19.8. The van der Waals surface area contributed by atoms with Crippen molar-refractivity contribution in [2.45, 2.75) is 32.9 Å². The number of hydrogen-bond donors (Lipinski definition) is 3. The molecule has 2 aliphatic heterocycles. The fourth-order valence-electron chi connectivity index (χ4n) is 4.22.